The predicted molar refractivity (Wildman–Crippen MR) is 49.6 cm³/mol. The normalized spacial score (nSPS) is 23.3. The number of hydrogen-bond acceptors (Lipinski definition) is 2. The van der Waals surface area contributed by atoms with Crippen molar-refractivity contribution in [2.75, 3.05) is 13.2 Å². The lowest BCUT2D eigenvalue weighted by Gasteiger charge is -2.30. The Morgan fingerprint density at radius 3 is 2.54 bits per heavy atom. The third kappa shape index (κ3) is 0.947. The Kier molecular flexibility index (Phi) is 1.34. The van der Waals surface area contributed by atoms with Gasteiger partial charge in [0.2, 0.25) is 0 Å². The molecule has 0 spiro atoms. The Balaban J connectivity index is 2.10. The van der Waals surface area contributed by atoms with Crippen LogP contribution in [0.5, 0.6) is 11.5 Å². The molecule has 0 aromatic heterocycles. The lowest BCUT2D eigenvalue weighted by molar-refractivity contribution is 0.170. The van der Waals surface area contributed by atoms with Gasteiger partial charge in [-0.25, -0.2) is 0 Å². The third-order valence-corrected chi connectivity index (χ3v) is 2.86. The van der Waals surface area contributed by atoms with Gasteiger partial charge < -0.3 is 9.47 Å². The number of ether oxygens (including phenoxy) is 2. The first-order valence-electron chi connectivity index (χ1n) is 4.77. The van der Waals surface area contributed by atoms with Crippen molar-refractivity contribution in [2.45, 2.75) is 19.3 Å². The van der Waals surface area contributed by atoms with Crippen molar-refractivity contribution in [1.82, 2.24) is 0 Å². The molecular weight excluding hydrogens is 164 g/mol. The molecule has 0 bridgehead atoms. The fourth-order valence-electron chi connectivity index (χ4n) is 2.09. The number of benzene rings is 1. The lowest BCUT2D eigenvalue weighted by Crippen LogP contribution is -2.19. The van der Waals surface area contributed by atoms with Crippen molar-refractivity contribution in [1.29, 1.82) is 0 Å². The van der Waals surface area contributed by atoms with Crippen LogP contribution in [0.25, 0.3) is 0 Å². The largest absolute Gasteiger partial charge is 0.486 e. The molecule has 2 heteroatoms. The van der Waals surface area contributed by atoms with Crippen LogP contribution in [0.4, 0.5) is 0 Å². The van der Waals surface area contributed by atoms with E-state index >= 15 is 0 Å². The standard InChI is InChI=1S/C11H12O2/c1-7-4-8-5-10-11(6-9(7)8)13-3-2-12-10/h5-7H,2-4H2,1H3/t7-/m1/s1. The Morgan fingerprint density at radius 2 is 1.85 bits per heavy atom. The monoisotopic (exact) mass is 176 g/mol. The van der Waals surface area contributed by atoms with E-state index in [1.807, 2.05) is 0 Å². The van der Waals surface area contributed by atoms with Gasteiger partial charge >= 0.3 is 0 Å². The van der Waals surface area contributed by atoms with Crippen LogP contribution in [-0.4, -0.2) is 13.2 Å². The molecule has 2 nitrogen and oxygen atoms in total. The highest BCUT2D eigenvalue weighted by Crippen LogP contribution is 2.42. The maximum Gasteiger partial charge on any atom is 0.161 e. The maximum absolute atomic E-state index is 5.52. The summed E-state index contributed by atoms with van der Waals surface area (Å²) in [5, 5.41) is 0. The molecule has 0 amide bonds. The summed E-state index contributed by atoms with van der Waals surface area (Å²) in [7, 11) is 0. The zero-order valence-electron chi connectivity index (χ0n) is 7.67. The van der Waals surface area contributed by atoms with Crippen molar-refractivity contribution in [3.05, 3.63) is 23.3 Å². The van der Waals surface area contributed by atoms with E-state index in [1.165, 1.54) is 17.5 Å². The van der Waals surface area contributed by atoms with E-state index in [0.717, 1.165) is 11.5 Å². The average molecular weight is 176 g/mol. The number of fused-ring (bicyclic) bond motifs is 2. The van der Waals surface area contributed by atoms with E-state index in [0.29, 0.717) is 19.1 Å². The van der Waals surface area contributed by atoms with Crippen LogP contribution >= 0.6 is 0 Å². The van der Waals surface area contributed by atoms with Crippen LogP contribution in [-0.2, 0) is 6.42 Å². The summed E-state index contributed by atoms with van der Waals surface area (Å²) in [6, 6.07) is 4.27. The van der Waals surface area contributed by atoms with Gasteiger partial charge in [0.15, 0.2) is 11.5 Å². The van der Waals surface area contributed by atoms with Gasteiger partial charge in [-0.2, -0.15) is 0 Å². The molecule has 1 atom stereocenters. The topological polar surface area (TPSA) is 18.5 Å². The van der Waals surface area contributed by atoms with Gasteiger partial charge in [-0.3, -0.25) is 0 Å². The Hall–Kier alpha value is -1.18. The maximum atomic E-state index is 5.52. The van der Waals surface area contributed by atoms with Gasteiger partial charge in [-0.1, -0.05) is 6.92 Å². The Labute approximate surface area is 77.5 Å². The van der Waals surface area contributed by atoms with Gasteiger partial charge in [0, 0.05) is 0 Å². The van der Waals surface area contributed by atoms with Crippen LogP contribution in [0, 0.1) is 0 Å². The highest BCUT2D eigenvalue weighted by Gasteiger charge is 2.25. The van der Waals surface area contributed by atoms with E-state index in [-0.39, 0.29) is 0 Å². The molecule has 0 N–H and O–H groups in total. The molecule has 1 aliphatic heterocycles. The highest BCUT2D eigenvalue weighted by atomic mass is 16.6. The fraction of sp³-hybridized carbons (Fsp3) is 0.455. The SMILES string of the molecule is C[C@@H]1Cc2cc3c(cc21)OCCO3. The fourth-order valence-corrected chi connectivity index (χ4v) is 2.09. The van der Waals surface area contributed by atoms with Crippen molar-refractivity contribution in [3.63, 3.8) is 0 Å². The first-order valence-corrected chi connectivity index (χ1v) is 4.77. The van der Waals surface area contributed by atoms with E-state index in [2.05, 4.69) is 19.1 Å². The molecule has 2 aliphatic rings. The molecule has 1 aromatic rings. The quantitative estimate of drug-likeness (QED) is 0.602. The Morgan fingerprint density at radius 1 is 1.15 bits per heavy atom. The van der Waals surface area contributed by atoms with Gasteiger partial charge in [0.05, 0.1) is 0 Å². The first-order chi connectivity index (χ1) is 6.34. The van der Waals surface area contributed by atoms with Crippen molar-refractivity contribution in [2.24, 2.45) is 0 Å². The third-order valence-electron chi connectivity index (χ3n) is 2.86. The zero-order chi connectivity index (χ0) is 8.84. The smallest absolute Gasteiger partial charge is 0.161 e. The van der Waals surface area contributed by atoms with Crippen LogP contribution in [0.1, 0.15) is 24.0 Å². The zero-order valence-corrected chi connectivity index (χ0v) is 7.67. The average Bonchev–Trinajstić information content (AvgIpc) is 2.16. The molecule has 3 rings (SSSR count). The minimum absolute atomic E-state index is 0.681. The molecule has 0 fully saturated rings. The summed E-state index contributed by atoms with van der Waals surface area (Å²) in [6.07, 6.45) is 1.19. The van der Waals surface area contributed by atoms with E-state index in [9.17, 15) is 0 Å². The molecule has 0 radical (unpaired) electrons. The molecule has 1 heterocycles. The van der Waals surface area contributed by atoms with E-state index < -0.39 is 0 Å². The van der Waals surface area contributed by atoms with Crippen molar-refractivity contribution < 1.29 is 9.47 Å². The molecule has 68 valence electrons. The molecule has 0 saturated heterocycles. The van der Waals surface area contributed by atoms with Crippen LogP contribution in [0.15, 0.2) is 12.1 Å². The highest BCUT2D eigenvalue weighted by molar-refractivity contribution is 5.53. The summed E-state index contributed by atoms with van der Waals surface area (Å²) in [5.74, 6) is 2.55. The minimum Gasteiger partial charge on any atom is -0.486 e. The molecule has 0 saturated carbocycles. The van der Waals surface area contributed by atoms with E-state index in [1.54, 1.807) is 0 Å². The van der Waals surface area contributed by atoms with Crippen LogP contribution in [0.3, 0.4) is 0 Å². The summed E-state index contributed by atoms with van der Waals surface area (Å²) in [6.45, 7) is 3.61. The summed E-state index contributed by atoms with van der Waals surface area (Å²) in [4.78, 5) is 0. The van der Waals surface area contributed by atoms with E-state index in [4.69, 9.17) is 9.47 Å². The predicted octanol–water partition coefficient (Wildman–Crippen LogP) is 2.12. The number of rotatable bonds is 0. The van der Waals surface area contributed by atoms with Gasteiger partial charge in [-0.15, -0.1) is 0 Å². The molecule has 13 heavy (non-hydrogen) atoms. The van der Waals surface area contributed by atoms with Crippen molar-refractivity contribution >= 4 is 0 Å². The van der Waals surface area contributed by atoms with Crippen molar-refractivity contribution in [3.8, 4) is 11.5 Å². The second kappa shape index (κ2) is 2.41. The number of hydrogen-bond donors (Lipinski definition) is 0. The molecule has 1 aliphatic carbocycles. The minimum atomic E-state index is 0.681. The van der Waals surface area contributed by atoms with Gasteiger partial charge in [-0.05, 0) is 35.6 Å². The summed E-state index contributed by atoms with van der Waals surface area (Å²) >= 11 is 0. The van der Waals surface area contributed by atoms with Gasteiger partial charge in [0.25, 0.3) is 0 Å². The summed E-state index contributed by atoms with van der Waals surface area (Å²) < 4.78 is 11.0. The second-order valence-electron chi connectivity index (χ2n) is 3.80. The first kappa shape index (κ1) is 7.25. The lowest BCUT2D eigenvalue weighted by atomic mass is 9.78. The van der Waals surface area contributed by atoms with Gasteiger partial charge in [0.1, 0.15) is 13.2 Å². The molecule has 0 unspecified atom stereocenters. The van der Waals surface area contributed by atoms with Crippen LogP contribution in [0.2, 0.25) is 0 Å². The molecule has 1 aromatic carbocycles. The Bertz CT molecular complexity index is 357. The second-order valence-corrected chi connectivity index (χ2v) is 3.80. The van der Waals surface area contributed by atoms with Crippen LogP contribution < -0.4 is 9.47 Å². The molecular formula is C11H12O2. The summed E-state index contributed by atoms with van der Waals surface area (Å²) in [5.41, 5.74) is 2.86.